The Hall–Kier alpha value is -1.68. The number of benzene rings is 1. The van der Waals surface area contributed by atoms with E-state index < -0.39 is 0 Å². The van der Waals surface area contributed by atoms with Crippen LogP contribution in [-0.4, -0.2) is 17.4 Å². The second-order valence-electron chi connectivity index (χ2n) is 5.10. The van der Waals surface area contributed by atoms with Gasteiger partial charge in [-0.15, -0.1) is 0 Å². The van der Waals surface area contributed by atoms with Gasteiger partial charge in [0.05, 0.1) is 0 Å². The minimum atomic E-state index is 0.00354. The molecule has 1 aromatic heterocycles. The first-order valence-corrected chi connectivity index (χ1v) is 7.52. The van der Waals surface area contributed by atoms with Crippen molar-refractivity contribution in [3.63, 3.8) is 0 Å². The van der Waals surface area contributed by atoms with Gasteiger partial charge in [-0.25, -0.2) is 4.98 Å². The molecule has 3 rings (SSSR count). The zero-order valence-corrected chi connectivity index (χ0v) is 12.6. The Bertz CT molecular complexity index is 621. The van der Waals surface area contributed by atoms with Gasteiger partial charge < -0.3 is 5.32 Å². The monoisotopic (exact) mass is 330 g/mol. The van der Waals surface area contributed by atoms with Gasteiger partial charge in [-0.2, -0.15) is 0 Å². The molecule has 1 aliphatic carbocycles. The average molecular weight is 331 g/mol. The first kappa shape index (κ1) is 13.3. The summed E-state index contributed by atoms with van der Waals surface area (Å²) in [7, 11) is 0. The van der Waals surface area contributed by atoms with Crippen LogP contribution >= 0.6 is 15.9 Å². The second-order valence-corrected chi connectivity index (χ2v) is 5.92. The number of carbonyl (C=O) groups excluding carboxylic acids is 1. The maximum absolute atomic E-state index is 12.1. The third-order valence-electron chi connectivity index (χ3n) is 3.43. The van der Waals surface area contributed by atoms with Crippen LogP contribution in [0.4, 0.5) is 0 Å². The van der Waals surface area contributed by atoms with Gasteiger partial charge in [-0.05, 0) is 58.5 Å². The fraction of sp³-hybridized carbons (Fsp3) is 0.250. The van der Waals surface area contributed by atoms with Gasteiger partial charge in [0.2, 0.25) is 0 Å². The van der Waals surface area contributed by atoms with Gasteiger partial charge in [-0.1, -0.05) is 18.2 Å². The lowest BCUT2D eigenvalue weighted by Crippen LogP contribution is -2.25. The zero-order chi connectivity index (χ0) is 13.9. The number of nitrogens with zero attached hydrogens (tertiary/aromatic N) is 1. The molecule has 0 radical (unpaired) electrons. The summed E-state index contributed by atoms with van der Waals surface area (Å²) >= 11 is 3.32. The summed E-state index contributed by atoms with van der Waals surface area (Å²) in [4.78, 5) is 16.3. The highest BCUT2D eigenvalue weighted by Crippen LogP contribution is 2.27. The van der Waals surface area contributed by atoms with Crippen LogP contribution in [0.5, 0.6) is 0 Å². The first-order valence-electron chi connectivity index (χ1n) is 6.72. The standard InChI is InChI=1S/C16H15BrN2O/c17-15-7-6-14(10-18-15)12-2-1-3-13(8-12)16(20)19-9-11-4-5-11/h1-3,6-8,10-11H,4-5,9H2,(H,19,20). The molecule has 3 nitrogen and oxygen atoms in total. The highest BCUT2D eigenvalue weighted by atomic mass is 79.9. The molecule has 1 heterocycles. The molecule has 1 aliphatic rings. The number of nitrogens with one attached hydrogen (secondary N) is 1. The van der Waals surface area contributed by atoms with Gasteiger partial charge in [-0.3, -0.25) is 4.79 Å². The quantitative estimate of drug-likeness (QED) is 0.869. The van der Waals surface area contributed by atoms with Crippen LogP contribution in [0.1, 0.15) is 23.2 Å². The smallest absolute Gasteiger partial charge is 0.251 e. The average Bonchev–Trinajstić information content (AvgIpc) is 3.30. The molecule has 1 fully saturated rings. The molecule has 0 bridgehead atoms. The maximum Gasteiger partial charge on any atom is 0.251 e. The number of pyridine rings is 1. The van der Waals surface area contributed by atoms with Crippen LogP contribution in [0.15, 0.2) is 47.2 Å². The number of carbonyl (C=O) groups is 1. The van der Waals surface area contributed by atoms with E-state index in [0.29, 0.717) is 11.5 Å². The molecule has 1 amide bonds. The van der Waals surface area contributed by atoms with Crippen LogP contribution in [0.25, 0.3) is 11.1 Å². The van der Waals surface area contributed by atoms with Crippen LogP contribution in [0.3, 0.4) is 0 Å². The molecule has 0 unspecified atom stereocenters. The lowest BCUT2D eigenvalue weighted by Gasteiger charge is -2.06. The van der Waals surface area contributed by atoms with Gasteiger partial charge in [0.15, 0.2) is 0 Å². The predicted octanol–water partition coefficient (Wildman–Crippen LogP) is 3.65. The molecule has 0 spiro atoms. The van der Waals surface area contributed by atoms with E-state index in [1.807, 2.05) is 36.4 Å². The Morgan fingerprint density at radius 1 is 1.25 bits per heavy atom. The van der Waals surface area contributed by atoms with Crippen molar-refractivity contribution < 1.29 is 4.79 Å². The summed E-state index contributed by atoms with van der Waals surface area (Å²) in [5.74, 6) is 0.696. The molecular weight excluding hydrogens is 316 g/mol. The van der Waals surface area contributed by atoms with Crippen molar-refractivity contribution in [3.05, 3.63) is 52.8 Å². The summed E-state index contributed by atoms with van der Waals surface area (Å²) in [6, 6.07) is 11.5. The first-order chi connectivity index (χ1) is 9.72. The van der Waals surface area contributed by atoms with E-state index in [9.17, 15) is 4.79 Å². The van der Waals surface area contributed by atoms with Gasteiger partial charge >= 0.3 is 0 Å². The Labute approximate surface area is 126 Å². The van der Waals surface area contributed by atoms with Gasteiger partial charge in [0.25, 0.3) is 5.91 Å². The predicted molar refractivity (Wildman–Crippen MR) is 82.4 cm³/mol. The van der Waals surface area contributed by atoms with Crippen molar-refractivity contribution in [2.24, 2.45) is 5.92 Å². The van der Waals surface area contributed by atoms with E-state index in [-0.39, 0.29) is 5.91 Å². The summed E-state index contributed by atoms with van der Waals surface area (Å²) in [6.07, 6.45) is 4.28. The van der Waals surface area contributed by atoms with Crippen molar-refractivity contribution in [2.45, 2.75) is 12.8 Å². The minimum Gasteiger partial charge on any atom is -0.352 e. The van der Waals surface area contributed by atoms with Crippen LogP contribution in [0.2, 0.25) is 0 Å². The fourth-order valence-electron chi connectivity index (χ4n) is 2.05. The molecule has 2 aromatic rings. The van der Waals surface area contributed by atoms with Crippen molar-refractivity contribution in [1.29, 1.82) is 0 Å². The lowest BCUT2D eigenvalue weighted by molar-refractivity contribution is 0.0952. The van der Waals surface area contributed by atoms with Gasteiger partial charge in [0.1, 0.15) is 4.60 Å². The molecule has 1 saturated carbocycles. The van der Waals surface area contributed by atoms with E-state index in [0.717, 1.165) is 22.3 Å². The molecule has 0 aliphatic heterocycles. The summed E-state index contributed by atoms with van der Waals surface area (Å²) in [5, 5.41) is 2.99. The molecule has 4 heteroatoms. The number of hydrogen-bond acceptors (Lipinski definition) is 2. The van der Waals surface area contributed by atoms with E-state index >= 15 is 0 Å². The Kier molecular flexibility index (Phi) is 3.83. The Morgan fingerprint density at radius 2 is 2.10 bits per heavy atom. The van der Waals surface area contributed by atoms with Gasteiger partial charge in [0, 0.05) is 23.9 Å². The molecule has 1 aromatic carbocycles. The van der Waals surface area contributed by atoms with E-state index in [2.05, 4.69) is 26.2 Å². The summed E-state index contributed by atoms with van der Waals surface area (Å²) < 4.78 is 0.805. The molecular formula is C16H15BrN2O. The van der Waals surface area contributed by atoms with Crippen LogP contribution in [-0.2, 0) is 0 Å². The zero-order valence-electron chi connectivity index (χ0n) is 11.0. The van der Waals surface area contributed by atoms with Crippen molar-refractivity contribution in [2.75, 3.05) is 6.54 Å². The third-order valence-corrected chi connectivity index (χ3v) is 3.90. The Balaban J connectivity index is 1.77. The van der Waals surface area contributed by atoms with Crippen molar-refractivity contribution in [3.8, 4) is 11.1 Å². The third kappa shape index (κ3) is 3.25. The number of halogens is 1. The largest absolute Gasteiger partial charge is 0.352 e. The Morgan fingerprint density at radius 3 is 2.80 bits per heavy atom. The van der Waals surface area contributed by atoms with E-state index in [1.54, 1.807) is 6.20 Å². The molecule has 0 saturated heterocycles. The highest BCUT2D eigenvalue weighted by Gasteiger charge is 2.21. The number of rotatable bonds is 4. The van der Waals surface area contributed by atoms with Crippen molar-refractivity contribution >= 4 is 21.8 Å². The topological polar surface area (TPSA) is 42.0 Å². The molecule has 1 N–H and O–H groups in total. The fourth-order valence-corrected chi connectivity index (χ4v) is 2.28. The normalized spacial score (nSPS) is 14.1. The lowest BCUT2D eigenvalue weighted by atomic mass is 10.0. The van der Waals surface area contributed by atoms with E-state index in [1.165, 1.54) is 12.8 Å². The van der Waals surface area contributed by atoms with Crippen LogP contribution in [0, 0.1) is 5.92 Å². The van der Waals surface area contributed by atoms with Crippen LogP contribution < -0.4 is 5.32 Å². The SMILES string of the molecule is O=C(NCC1CC1)c1cccc(-c2ccc(Br)nc2)c1. The summed E-state index contributed by atoms with van der Waals surface area (Å²) in [5.41, 5.74) is 2.71. The molecule has 102 valence electrons. The van der Waals surface area contributed by atoms with E-state index in [4.69, 9.17) is 0 Å². The number of aromatic nitrogens is 1. The number of amides is 1. The molecule has 0 atom stereocenters. The maximum atomic E-state index is 12.1. The van der Waals surface area contributed by atoms with Crippen molar-refractivity contribution in [1.82, 2.24) is 10.3 Å². The molecule has 20 heavy (non-hydrogen) atoms. The number of hydrogen-bond donors (Lipinski definition) is 1. The minimum absolute atomic E-state index is 0.00354. The highest BCUT2D eigenvalue weighted by molar-refractivity contribution is 9.10. The summed E-state index contributed by atoms with van der Waals surface area (Å²) in [6.45, 7) is 0.795. The second kappa shape index (κ2) is 5.75.